The van der Waals surface area contributed by atoms with Crippen LogP contribution in [-0.2, 0) is 6.54 Å². The number of halogens is 1. The number of anilines is 1. The van der Waals surface area contributed by atoms with Crippen molar-refractivity contribution in [2.24, 2.45) is 0 Å². The van der Waals surface area contributed by atoms with E-state index in [9.17, 15) is 14.0 Å². The molecule has 0 saturated carbocycles. The first kappa shape index (κ1) is 19.1. The maximum Gasteiger partial charge on any atom is 0.255 e. The van der Waals surface area contributed by atoms with Gasteiger partial charge in [-0.3, -0.25) is 9.59 Å². The third kappa shape index (κ3) is 4.44. The molecule has 148 valence electrons. The molecule has 1 heterocycles. The van der Waals surface area contributed by atoms with Gasteiger partial charge in [-0.05, 0) is 65.9 Å². The summed E-state index contributed by atoms with van der Waals surface area (Å²) < 4.78 is 13.0. The van der Waals surface area contributed by atoms with Crippen LogP contribution in [0.25, 0.3) is 11.4 Å². The van der Waals surface area contributed by atoms with Crippen LogP contribution < -0.4 is 5.32 Å². The predicted molar refractivity (Wildman–Crippen MR) is 108 cm³/mol. The summed E-state index contributed by atoms with van der Waals surface area (Å²) in [6.45, 7) is -0.0933. The van der Waals surface area contributed by atoms with Gasteiger partial charge in [0.15, 0.2) is 5.78 Å². The molecule has 0 radical (unpaired) electrons. The second kappa shape index (κ2) is 8.44. The number of benzene rings is 3. The van der Waals surface area contributed by atoms with Crippen LogP contribution in [0.4, 0.5) is 10.1 Å². The molecular weight excluding hydrogens is 385 g/mol. The minimum Gasteiger partial charge on any atom is -0.322 e. The number of hydrogen-bond donors (Lipinski definition) is 1. The second-order valence-corrected chi connectivity index (χ2v) is 6.47. The van der Waals surface area contributed by atoms with Crippen LogP contribution in [0.2, 0.25) is 0 Å². The highest BCUT2D eigenvalue weighted by molar-refractivity contribution is 6.04. The Bertz CT molecular complexity index is 1170. The smallest absolute Gasteiger partial charge is 0.255 e. The molecule has 8 heteroatoms. The van der Waals surface area contributed by atoms with Crippen molar-refractivity contribution in [3.63, 3.8) is 0 Å². The van der Waals surface area contributed by atoms with Gasteiger partial charge in [0.25, 0.3) is 5.91 Å². The Morgan fingerprint density at radius 2 is 1.57 bits per heavy atom. The van der Waals surface area contributed by atoms with E-state index in [-0.39, 0.29) is 24.1 Å². The van der Waals surface area contributed by atoms with Crippen molar-refractivity contribution < 1.29 is 14.0 Å². The Balaban J connectivity index is 1.39. The van der Waals surface area contributed by atoms with Gasteiger partial charge in [-0.25, -0.2) is 4.39 Å². The van der Waals surface area contributed by atoms with Gasteiger partial charge >= 0.3 is 0 Å². The van der Waals surface area contributed by atoms with E-state index in [1.165, 1.54) is 16.9 Å². The zero-order chi connectivity index (χ0) is 20.9. The first-order valence-corrected chi connectivity index (χ1v) is 9.12. The summed E-state index contributed by atoms with van der Waals surface area (Å²) in [5.74, 6) is -0.486. The number of hydrogen-bond acceptors (Lipinski definition) is 5. The lowest BCUT2D eigenvalue weighted by Crippen LogP contribution is -2.14. The van der Waals surface area contributed by atoms with Crippen LogP contribution >= 0.6 is 0 Å². The SMILES string of the molecule is O=C(Cn1nnc(-c2ccc(F)cc2)n1)c1ccc(NC(=O)c2ccccc2)cc1. The first-order chi connectivity index (χ1) is 14.6. The van der Waals surface area contributed by atoms with Gasteiger partial charge < -0.3 is 5.32 Å². The molecule has 0 bridgehead atoms. The van der Waals surface area contributed by atoms with Gasteiger partial charge in [0.05, 0.1) is 0 Å². The molecule has 3 aromatic carbocycles. The molecule has 0 fully saturated rings. The summed E-state index contributed by atoms with van der Waals surface area (Å²) in [7, 11) is 0. The molecule has 0 aliphatic heterocycles. The van der Waals surface area contributed by atoms with Gasteiger partial charge in [-0.15, -0.1) is 10.2 Å². The first-order valence-electron chi connectivity index (χ1n) is 9.12. The fourth-order valence-corrected chi connectivity index (χ4v) is 2.78. The van der Waals surface area contributed by atoms with Gasteiger partial charge in [-0.1, -0.05) is 18.2 Å². The Morgan fingerprint density at radius 3 is 2.27 bits per heavy atom. The minimum atomic E-state index is -0.357. The molecule has 0 unspecified atom stereocenters. The average Bonchev–Trinajstić information content (AvgIpc) is 3.23. The number of aromatic nitrogens is 4. The molecule has 1 aromatic heterocycles. The second-order valence-electron chi connectivity index (χ2n) is 6.47. The van der Waals surface area contributed by atoms with E-state index in [0.717, 1.165) is 0 Å². The molecule has 4 rings (SSSR count). The molecule has 0 spiro atoms. The Kier molecular flexibility index (Phi) is 5.38. The highest BCUT2D eigenvalue weighted by Crippen LogP contribution is 2.15. The summed E-state index contributed by atoms with van der Waals surface area (Å²) >= 11 is 0. The molecule has 0 atom stereocenters. The van der Waals surface area contributed by atoms with Crippen molar-refractivity contribution in [1.29, 1.82) is 0 Å². The Hall–Kier alpha value is -4.20. The normalized spacial score (nSPS) is 10.6. The molecule has 7 nitrogen and oxygen atoms in total. The number of amides is 1. The summed E-state index contributed by atoms with van der Waals surface area (Å²) in [6.07, 6.45) is 0. The fraction of sp³-hybridized carbons (Fsp3) is 0.0455. The Morgan fingerprint density at radius 1 is 0.867 bits per heavy atom. The summed E-state index contributed by atoms with van der Waals surface area (Å²) in [5, 5.41) is 14.7. The van der Waals surface area contributed by atoms with Crippen LogP contribution in [0.5, 0.6) is 0 Å². The van der Waals surface area contributed by atoms with E-state index >= 15 is 0 Å². The molecular formula is C22H16FN5O2. The van der Waals surface area contributed by atoms with E-state index < -0.39 is 0 Å². The van der Waals surface area contributed by atoms with Crippen molar-refractivity contribution in [2.75, 3.05) is 5.32 Å². The van der Waals surface area contributed by atoms with Crippen LogP contribution in [0.15, 0.2) is 78.9 Å². The number of ketones is 1. The minimum absolute atomic E-state index is 0.0933. The number of carbonyl (C=O) groups is 2. The van der Waals surface area contributed by atoms with Crippen LogP contribution in [-0.4, -0.2) is 31.9 Å². The average molecular weight is 401 g/mol. The topological polar surface area (TPSA) is 89.8 Å². The van der Waals surface area contributed by atoms with E-state index in [4.69, 9.17) is 0 Å². The van der Waals surface area contributed by atoms with E-state index in [2.05, 4.69) is 20.7 Å². The summed E-state index contributed by atoms with van der Waals surface area (Å²) in [6, 6.07) is 21.1. The third-order valence-electron chi connectivity index (χ3n) is 4.34. The van der Waals surface area contributed by atoms with E-state index in [1.807, 2.05) is 6.07 Å². The maximum atomic E-state index is 13.0. The van der Waals surface area contributed by atoms with E-state index in [1.54, 1.807) is 60.7 Å². The standard InChI is InChI=1S/C22H16FN5O2/c23-18-10-6-16(7-11-18)21-25-27-28(26-21)14-20(29)15-8-12-19(13-9-15)24-22(30)17-4-2-1-3-5-17/h1-13H,14H2,(H,24,30). The quantitative estimate of drug-likeness (QED) is 0.499. The van der Waals surface area contributed by atoms with Gasteiger partial charge in [-0.2, -0.15) is 4.80 Å². The lowest BCUT2D eigenvalue weighted by molar-refractivity contribution is 0.0960. The number of tetrazole rings is 1. The third-order valence-corrected chi connectivity index (χ3v) is 4.34. The van der Waals surface area contributed by atoms with Crippen molar-refractivity contribution in [3.05, 3.63) is 95.8 Å². The van der Waals surface area contributed by atoms with Crippen molar-refractivity contribution in [1.82, 2.24) is 20.2 Å². The molecule has 1 amide bonds. The lowest BCUT2D eigenvalue weighted by Gasteiger charge is -2.06. The van der Waals surface area contributed by atoms with Crippen LogP contribution in [0.1, 0.15) is 20.7 Å². The van der Waals surface area contributed by atoms with Crippen molar-refractivity contribution in [3.8, 4) is 11.4 Å². The number of nitrogens with one attached hydrogen (secondary N) is 1. The fourth-order valence-electron chi connectivity index (χ4n) is 2.78. The zero-order valence-corrected chi connectivity index (χ0v) is 15.7. The molecule has 0 aliphatic carbocycles. The molecule has 0 aliphatic rings. The van der Waals surface area contributed by atoms with Gasteiger partial charge in [0, 0.05) is 22.4 Å². The van der Waals surface area contributed by atoms with E-state index in [0.29, 0.717) is 28.2 Å². The summed E-state index contributed by atoms with van der Waals surface area (Å²) in [4.78, 5) is 25.9. The highest BCUT2D eigenvalue weighted by Gasteiger charge is 2.12. The number of Topliss-reactive ketones (excluding diaryl/α,β-unsaturated/α-hetero) is 1. The van der Waals surface area contributed by atoms with Crippen LogP contribution in [0, 0.1) is 5.82 Å². The van der Waals surface area contributed by atoms with Gasteiger partial charge in [0.2, 0.25) is 5.82 Å². The Labute approximate surface area is 171 Å². The summed E-state index contributed by atoms with van der Waals surface area (Å²) in [5.41, 5.74) is 2.19. The number of nitrogens with zero attached hydrogens (tertiary/aromatic N) is 4. The highest BCUT2D eigenvalue weighted by atomic mass is 19.1. The lowest BCUT2D eigenvalue weighted by atomic mass is 10.1. The zero-order valence-electron chi connectivity index (χ0n) is 15.7. The molecule has 30 heavy (non-hydrogen) atoms. The van der Waals surface area contributed by atoms with Gasteiger partial charge in [0.1, 0.15) is 12.4 Å². The molecule has 4 aromatic rings. The van der Waals surface area contributed by atoms with Crippen LogP contribution in [0.3, 0.4) is 0 Å². The van der Waals surface area contributed by atoms with Crippen molar-refractivity contribution in [2.45, 2.75) is 6.54 Å². The monoisotopic (exact) mass is 401 g/mol. The largest absolute Gasteiger partial charge is 0.322 e. The molecule has 1 N–H and O–H groups in total. The number of carbonyl (C=O) groups excluding carboxylic acids is 2. The predicted octanol–water partition coefficient (Wildman–Crippen LogP) is 3.61. The maximum absolute atomic E-state index is 13.0. The molecule has 0 saturated heterocycles. The van der Waals surface area contributed by atoms with Crippen molar-refractivity contribution >= 4 is 17.4 Å². The number of rotatable bonds is 6.